The van der Waals surface area contributed by atoms with Crippen LogP contribution in [0.15, 0.2) is 0 Å². The molecule has 6 fully saturated rings. The summed E-state index contributed by atoms with van der Waals surface area (Å²) < 4.78 is 37.8. The Balaban J connectivity index is 0.000000186. The first-order valence-corrected chi connectivity index (χ1v) is 16.8. The first-order chi connectivity index (χ1) is 18.3. The van der Waals surface area contributed by atoms with Gasteiger partial charge in [-0.05, 0) is 114 Å². The molecule has 9 heteroatoms. The average molecular weight is 572 g/mol. The van der Waals surface area contributed by atoms with E-state index < -0.39 is 15.4 Å². The maximum absolute atomic E-state index is 11.9. The summed E-state index contributed by atoms with van der Waals surface area (Å²) in [6.45, 7) is 9.83. The number of rotatable bonds is 8. The number of carbonyl (C=O) groups is 2. The van der Waals surface area contributed by atoms with Crippen molar-refractivity contribution < 1.29 is 32.2 Å². The van der Waals surface area contributed by atoms with Crippen LogP contribution in [0.3, 0.4) is 0 Å². The number of nitrogens with two attached hydrogens (primary N) is 1. The van der Waals surface area contributed by atoms with E-state index in [-0.39, 0.29) is 29.9 Å². The van der Waals surface area contributed by atoms with E-state index in [0.717, 1.165) is 55.8 Å². The fraction of sp³-hybridized carbons (Fsp3) is 0.933. The molecule has 8 nitrogen and oxygen atoms in total. The number of carbonyl (C=O) groups excluding carboxylic acids is 2. The fourth-order valence-corrected chi connectivity index (χ4v) is 8.93. The van der Waals surface area contributed by atoms with Gasteiger partial charge in [0.25, 0.3) is 0 Å². The first kappa shape index (κ1) is 32.3. The van der Waals surface area contributed by atoms with E-state index in [0.29, 0.717) is 17.9 Å². The van der Waals surface area contributed by atoms with Crippen molar-refractivity contribution in [1.29, 1.82) is 0 Å². The van der Waals surface area contributed by atoms with E-state index in [4.69, 9.17) is 14.6 Å². The summed E-state index contributed by atoms with van der Waals surface area (Å²) in [6, 6.07) is 0. The molecule has 0 radical (unpaired) electrons. The molecule has 6 aliphatic carbocycles. The molecule has 6 rings (SSSR count). The molecular weight excluding hydrogens is 518 g/mol. The molecule has 39 heavy (non-hydrogen) atoms. The molecule has 0 saturated heterocycles. The summed E-state index contributed by atoms with van der Waals surface area (Å²) in [5.74, 6) is 4.21. The molecule has 6 saturated carbocycles. The summed E-state index contributed by atoms with van der Waals surface area (Å²) in [5.41, 5.74) is -0.395. The number of hydrogen-bond donors (Lipinski definition) is 1. The molecule has 0 spiro atoms. The van der Waals surface area contributed by atoms with Crippen LogP contribution in [0, 0.1) is 46.8 Å². The molecule has 0 aromatic rings. The maximum atomic E-state index is 11.9. The molecule has 4 unspecified atom stereocenters. The Morgan fingerprint density at radius 1 is 0.897 bits per heavy atom. The second-order valence-electron chi connectivity index (χ2n) is 13.5. The van der Waals surface area contributed by atoms with Gasteiger partial charge in [-0.15, -0.1) is 0 Å². The van der Waals surface area contributed by atoms with E-state index in [1.54, 1.807) is 0 Å². The lowest BCUT2D eigenvalue weighted by molar-refractivity contribution is -0.193. The van der Waals surface area contributed by atoms with Crippen molar-refractivity contribution in [2.45, 2.75) is 117 Å². The standard InChI is InChI=1S/C17H28O3.C7H13NO2S.C6H12O2/c1-4-17(2,3)16(18)20-10-19-15-13-6-11-5-12(8-13)9-14(15)7-11;8-11(9,10)7-4-5-1-2-6(7)3-5;1-4-5(2)6(7)8-3/h11-15H,4-10H2,1-3H3;5-7H,1-4H2,(H2,8,9,10);5H,4H2,1-3H3. The molecule has 0 aromatic carbocycles. The molecule has 0 amide bonds. The summed E-state index contributed by atoms with van der Waals surface area (Å²) >= 11 is 0. The van der Waals surface area contributed by atoms with Crippen molar-refractivity contribution in [3.8, 4) is 0 Å². The van der Waals surface area contributed by atoms with Gasteiger partial charge in [-0.1, -0.05) is 27.2 Å². The second kappa shape index (κ2) is 13.6. The van der Waals surface area contributed by atoms with Crippen LogP contribution in [-0.4, -0.2) is 45.6 Å². The molecule has 6 bridgehead atoms. The highest BCUT2D eigenvalue weighted by molar-refractivity contribution is 7.89. The lowest BCUT2D eigenvalue weighted by Gasteiger charge is -2.53. The van der Waals surface area contributed by atoms with Crippen molar-refractivity contribution in [1.82, 2.24) is 0 Å². The van der Waals surface area contributed by atoms with Gasteiger partial charge in [0.1, 0.15) is 0 Å². The number of hydrogen-bond acceptors (Lipinski definition) is 7. The van der Waals surface area contributed by atoms with Crippen LogP contribution >= 0.6 is 0 Å². The zero-order chi connectivity index (χ0) is 29.0. The van der Waals surface area contributed by atoms with Gasteiger partial charge in [0, 0.05) is 0 Å². The van der Waals surface area contributed by atoms with Gasteiger partial charge in [0.2, 0.25) is 10.0 Å². The molecule has 0 aromatic heterocycles. The summed E-state index contributed by atoms with van der Waals surface area (Å²) in [5, 5.41) is 4.89. The molecule has 226 valence electrons. The van der Waals surface area contributed by atoms with Crippen molar-refractivity contribution in [3.63, 3.8) is 0 Å². The normalized spacial score (nSPS) is 34.8. The third-order valence-electron chi connectivity index (χ3n) is 10.3. The average Bonchev–Trinajstić information content (AvgIpc) is 3.53. The van der Waals surface area contributed by atoms with E-state index in [9.17, 15) is 18.0 Å². The van der Waals surface area contributed by atoms with Crippen LogP contribution in [0.2, 0.25) is 0 Å². The highest BCUT2D eigenvalue weighted by atomic mass is 32.2. The largest absolute Gasteiger partial charge is 0.469 e. The zero-order valence-electron chi connectivity index (χ0n) is 25.0. The number of esters is 2. The van der Waals surface area contributed by atoms with Crippen LogP contribution in [0.25, 0.3) is 0 Å². The van der Waals surface area contributed by atoms with Crippen LogP contribution in [-0.2, 0) is 33.8 Å². The quantitative estimate of drug-likeness (QED) is 0.304. The van der Waals surface area contributed by atoms with Gasteiger partial charge >= 0.3 is 11.9 Å². The van der Waals surface area contributed by atoms with Crippen LogP contribution in [0.4, 0.5) is 0 Å². The smallest absolute Gasteiger partial charge is 0.313 e. The van der Waals surface area contributed by atoms with Crippen LogP contribution in [0.5, 0.6) is 0 Å². The van der Waals surface area contributed by atoms with Crippen molar-refractivity contribution >= 4 is 22.0 Å². The minimum atomic E-state index is -3.23. The van der Waals surface area contributed by atoms with Crippen LogP contribution < -0.4 is 5.14 Å². The molecule has 6 aliphatic rings. The van der Waals surface area contributed by atoms with Gasteiger partial charge in [0.05, 0.1) is 29.8 Å². The van der Waals surface area contributed by atoms with Gasteiger partial charge < -0.3 is 14.2 Å². The Bertz CT molecular complexity index is 906. The Morgan fingerprint density at radius 3 is 1.82 bits per heavy atom. The highest BCUT2D eigenvalue weighted by Crippen LogP contribution is 2.54. The lowest BCUT2D eigenvalue weighted by atomic mass is 9.55. The third kappa shape index (κ3) is 8.41. The first-order valence-electron chi connectivity index (χ1n) is 15.2. The Hall–Kier alpha value is -1.19. The predicted octanol–water partition coefficient (Wildman–Crippen LogP) is 5.43. The Morgan fingerprint density at radius 2 is 1.46 bits per heavy atom. The Labute approximate surface area is 236 Å². The minimum absolute atomic E-state index is 0.0556. The summed E-state index contributed by atoms with van der Waals surface area (Å²) in [7, 11) is -1.82. The van der Waals surface area contributed by atoms with E-state index >= 15 is 0 Å². The van der Waals surface area contributed by atoms with Gasteiger partial charge in [-0.25, -0.2) is 13.6 Å². The molecule has 2 N–H and O–H groups in total. The summed E-state index contributed by atoms with van der Waals surface area (Å²) in [4.78, 5) is 22.5. The SMILES string of the molecule is CCC(C)(C)C(=O)OCOC1C2CC3CC(C2)CC1C3.CCC(C)C(=O)OC.NS(=O)(=O)C1CC2CCC1C2. The number of ether oxygens (including phenoxy) is 3. The predicted molar refractivity (Wildman–Crippen MR) is 151 cm³/mol. The van der Waals surface area contributed by atoms with E-state index in [1.165, 1.54) is 45.6 Å². The summed E-state index contributed by atoms with van der Waals surface area (Å²) in [6.07, 6.45) is 13.0. The van der Waals surface area contributed by atoms with E-state index in [1.807, 2.05) is 34.6 Å². The third-order valence-corrected chi connectivity index (χ3v) is 11.8. The fourth-order valence-electron chi connectivity index (χ4n) is 7.61. The number of primary sulfonamides is 1. The van der Waals surface area contributed by atoms with Crippen LogP contribution in [0.1, 0.15) is 105 Å². The lowest BCUT2D eigenvalue weighted by Crippen LogP contribution is -2.49. The van der Waals surface area contributed by atoms with Gasteiger partial charge in [-0.3, -0.25) is 9.59 Å². The van der Waals surface area contributed by atoms with Gasteiger partial charge in [0.15, 0.2) is 6.79 Å². The topological polar surface area (TPSA) is 122 Å². The number of fused-ring (bicyclic) bond motifs is 2. The molecule has 0 heterocycles. The second-order valence-corrected chi connectivity index (χ2v) is 15.3. The highest BCUT2D eigenvalue weighted by Gasteiger charge is 2.49. The minimum Gasteiger partial charge on any atom is -0.469 e. The number of sulfonamides is 1. The Kier molecular flexibility index (Phi) is 11.3. The van der Waals surface area contributed by atoms with E-state index in [2.05, 4.69) is 4.74 Å². The number of methoxy groups -OCH3 is 1. The van der Waals surface area contributed by atoms with Crippen molar-refractivity contribution in [3.05, 3.63) is 0 Å². The molecular formula is C30H53NO7S. The van der Waals surface area contributed by atoms with Gasteiger partial charge in [-0.2, -0.15) is 0 Å². The van der Waals surface area contributed by atoms with Crippen molar-refractivity contribution in [2.24, 2.45) is 52.0 Å². The molecule has 4 atom stereocenters. The monoisotopic (exact) mass is 571 g/mol. The van der Waals surface area contributed by atoms with Crippen molar-refractivity contribution in [2.75, 3.05) is 13.9 Å². The molecule has 0 aliphatic heterocycles. The maximum Gasteiger partial charge on any atom is 0.313 e. The zero-order valence-corrected chi connectivity index (χ0v) is 25.8.